The molecule has 2 heterocycles. The zero-order valence-corrected chi connectivity index (χ0v) is 12.5. The molecule has 0 aromatic carbocycles. The normalized spacial score (nSPS) is 20.4. The van der Waals surface area contributed by atoms with Gasteiger partial charge in [-0.25, -0.2) is 9.78 Å². The van der Waals surface area contributed by atoms with Gasteiger partial charge in [-0.1, -0.05) is 27.7 Å². The van der Waals surface area contributed by atoms with Gasteiger partial charge in [0.25, 0.3) is 0 Å². The lowest BCUT2D eigenvalue weighted by Gasteiger charge is -2.40. The fourth-order valence-corrected chi connectivity index (χ4v) is 4.70. The molecular weight excluding hydrogens is 260 g/mol. The third kappa shape index (κ3) is 1.87. The molecule has 0 amide bonds. The van der Waals surface area contributed by atoms with Crippen molar-refractivity contribution in [1.82, 2.24) is 9.38 Å². The van der Waals surface area contributed by atoms with Crippen molar-refractivity contribution in [3.63, 3.8) is 0 Å². The summed E-state index contributed by atoms with van der Waals surface area (Å²) in [5, 5.41) is 9.04. The van der Waals surface area contributed by atoms with Crippen molar-refractivity contribution in [2.24, 2.45) is 5.41 Å². The Hall–Kier alpha value is -1.36. The van der Waals surface area contributed by atoms with E-state index in [0.29, 0.717) is 0 Å². The maximum absolute atomic E-state index is 11.0. The van der Waals surface area contributed by atoms with Crippen molar-refractivity contribution in [2.75, 3.05) is 0 Å². The molecule has 102 valence electrons. The summed E-state index contributed by atoms with van der Waals surface area (Å²) in [5.74, 6) is -0.959. The molecular formula is C14H18N2O2S. The molecule has 2 aromatic heterocycles. The molecule has 3 rings (SSSR count). The lowest BCUT2D eigenvalue weighted by molar-refractivity contribution is 0.0691. The molecule has 5 heteroatoms. The largest absolute Gasteiger partial charge is 0.476 e. The molecule has 0 radical (unpaired) electrons. The molecule has 4 nitrogen and oxygen atoms in total. The van der Waals surface area contributed by atoms with Gasteiger partial charge in [-0.05, 0) is 18.3 Å². The Kier molecular flexibility index (Phi) is 2.40. The zero-order chi connectivity index (χ0) is 14.0. The monoisotopic (exact) mass is 278 g/mol. The summed E-state index contributed by atoms with van der Waals surface area (Å²) < 4.78 is 1.98. The first-order chi connectivity index (χ1) is 8.70. The number of carboxylic acids is 1. The Bertz CT molecular complexity index is 679. The number of nitrogens with zero attached hydrogens (tertiary/aromatic N) is 2. The average molecular weight is 278 g/mol. The first-order valence-corrected chi connectivity index (χ1v) is 7.26. The number of aromatic carboxylic acids is 1. The van der Waals surface area contributed by atoms with Gasteiger partial charge in [0, 0.05) is 22.2 Å². The Labute approximate surface area is 116 Å². The maximum atomic E-state index is 11.0. The number of aromatic nitrogens is 2. The zero-order valence-electron chi connectivity index (χ0n) is 11.6. The number of carbonyl (C=O) groups is 1. The first-order valence-electron chi connectivity index (χ1n) is 6.44. The van der Waals surface area contributed by atoms with Crippen LogP contribution in [0, 0.1) is 5.41 Å². The van der Waals surface area contributed by atoms with E-state index in [0.717, 1.165) is 17.8 Å². The van der Waals surface area contributed by atoms with Crippen molar-refractivity contribution < 1.29 is 9.90 Å². The molecule has 0 aliphatic heterocycles. The van der Waals surface area contributed by atoms with Gasteiger partial charge in [0.2, 0.25) is 0 Å². The van der Waals surface area contributed by atoms with E-state index in [9.17, 15) is 4.79 Å². The van der Waals surface area contributed by atoms with Gasteiger partial charge in [0.15, 0.2) is 10.7 Å². The lowest BCUT2D eigenvalue weighted by atomic mass is 9.67. The number of hydrogen-bond donors (Lipinski definition) is 1. The topological polar surface area (TPSA) is 54.6 Å². The van der Waals surface area contributed by atoms with Crippen LogP contribution in [-0.4, -0.2) is 20.5 Å². The van der Waals surface area contributed by atoms with Crippen molar-refractivity contribution in [3.05, 3.63) is 22.5 Å². The predicted octanol–water partition coefficient (Wildman–Crippen LogP) is 3.34. The molecule has 1 N–H and O–H groups in total. The van der Waals surface area contributed by atoms with Gasteiger partial charge in [-0.3, -0.25) is 4.40 Å². The van der Waals surface area contributed by atoms with Crippen LogP contribution in [0.5, 0.6) is 0 Å². The fraction of sp³-hybridized carbons (Fsp3) is 0.571. The second-order valence-electron chi connectivity index (χ2n) is 6.86. The van der Waals surface area contributed by atoms with E-state index < -0.39 is 5.97 Å². The first kappa shape index (κ1) is 12.7. The minimum absolute atomic E-state index is 0.131. The second-order valence-corrected chi connectivity index (χ2v) is 7.84. The molecule has 0 atom stereocenters. The SMILES string of the molecule is CC1(C)Cc2c(sc3nc(C(=O)O)cn23)C(C)(C)C1. The highest BCUT2D eigenvalue weighted by Crippen LogP contribution is 2.48. The maximum Gasteiger partial charge on any atom is 0.356 e. The quantitative estimate of drug-likeness (QED) is 0.870. The second kappa shape index (κ2) is 3.60. The third-order valence-corrected chi connectivity index (χ3v) is 5.28. The number of imidazole rings is 1. The van der Waals surface area contributed by atoms with Gasteiger partial charge >= 0.3 is 5.97 Å². The van der Waals surface area contributed by atoms with Gasteiger partial charge in [-0.2, -0.15) is 0 Å². The summed E-state index contributed by atoms with van der Waals surface area (Å²) in [7, 11) is 0. The fourth-order valence-electron chi connectivity index (χ4n) is 3.48. The number of carboxylic acid groups (broad SMARTS) is 1. The van der Waals surface area contributed by atoms with E-state index in [1.807, 2.05) is 4.40 Å². The summed E-state index contributed by atoms with van der Waals surface area (Å²) in [4.78, 5) is 17.4. The highest BCUT2D eigenvalue weighted by Gasteiger charge is 2.40. The highest BCUT2D eigenvalue weighted by molar-refractivity contribution is 7.17. The van der Waals surface area contributed by atoms with Crippen LogP contribution < -0.4 is 0 Å². The molecule has 0 spiro atoms. The van der Waals surface area contributed by atoms with Crippen LogP contribution in [0.4, 0.5) is 0 Å². The standard InChI is InChI=1S/C14H18N2O2S/c1-13(2)5-9-10(14(3,4)7-13)19-12-15-8(11(17)18)6-16(9)12/h6H,5,7H2,1-4H3,(H,17,18). The van der Waals surface area contributed by atoms with E-state index in [-0.39, 0.29) is 16.5 Å². The summed E-state index contributed by atoms with van der Waals surface area (Å²) in [6.45, 7) is 9.08. The van der Waals surface area contributed by atoms with Gasteiger partial charge in [-0.15, -0.1) is 11.3 Å². The van der Waals surface area contributed by atoms with Crippen molar-refractivity contribution in [1.29, 1.82) is 0 Å². The lowest BCUT2D eigenvalue weighted by Crippen LogP contribution is -2.34. The van der Waals surface area contributed by atoms with Gasteiger partial charge in [0.05, 0.1) is 0 Å². The summed E-state index contributed by atoms with van der Waals surface area (Å²) >= 11 is 1.63. The molecule has 0 saturated carbocycles. The molecule has 0 fully saturated rings. The molecule has 1 aliphatic rings. The third-order valence-electron chi connectivity index (χ3n) is 3.82. The predicted molar refractivity (Wildman–Crippen MR) is 75.2 cm³/mol. The number of rotatable bonds is 1. The van der Waals surface area contributed by atoms with Crippen LogP contribution in [0.1, 0.15) is 55.2 Å². The van der Waals surface area contributed by atoms with E-state index in [1.165, 1.54) is 10.6 Å². The Morgan fingerprint density at radius 1 is 1.42 bits per heavy atom. The van der Waals surface area contributed by atoms with Crippen molar-refractivity contribution in [3.8, 4) is 0 Å². The van der Waals surface area contributed by atoms with Crippen LogP contribution in [0.25, 0.3) is 4.96 Å². The van der Waals surface area contributed by atoms with Crippen LogP contribution in [0.15, 0.2) is 6.20 Å². The Morgan fingerprint density at radius 3 is 2.74 bits per heavy atom. The molecule has 19 heavy (non-hydrogen) atoms. The molecule has 0 unspecified atom stereocenters. The minimum Gasteiger partial charge on any atom is -0.476 e. The Morgan fingerprint density at radius 2 is 2.11 bits per heavy atom. The van der Waals surface area contributed by atoms with Crippen LogP contribution in [0.3, 0.4) is 0 Å². The van der Waals surface area contributed by atoms with E-state index in [2.05, 4.69) is 32.7 Å². The summed E-state index contributed by atoms with van der Waals surface area (Å²) in [6.07, 6.45) is 3.77. The number of thiazole rings is 1. The molecule has 0 bridgehead atoms. The molecule has 2 aromatic rings. The summed E-state index contributed by atoms with van der Waals surface area (Å²) in [5.41, 5.74) is 1.74. The number of hydrogen-bond acceptors (Lipinski definition) is 3. The van der Waals surface area contributed by atoms with Crippen LogP contribution in [0.2, 0.25) is 0 Å². The van der Waals surface area contributed by atoms with E-state index in [4.69, 9.17) is 5.11 Å². The van der Waals surface area contributed by atoms with E-state index >= 15 is 0 Å². The molecule has 0 saturated heterocycles. The van der Waals surface area contributed by atoms with Crippen molar-refractivity contribution in [2.45, 2.75) is 46.0 Å². The smallest absolute Gasteiger partial charge is 0.356 e. The van der Waals surface area contributed by atoms with Gasteiger partial charge in [0.1, 0.15) is 0 Å². The highest BCUT2D eigenvalue weighted by atomic mass is 32.1. The van der Waals surface area contributed by atoms with Crippen molar-refractivity contribution >= 4 is 22.3 Å². The number of fused-ring (bicyclic) bond motifs is 3. The molecule has 1 aliphatic carbocycles. The van der Waals surface area contributed by atoms with E-state index in [1.54, 1.807) is 17.5 Å². The van der Waals surface area contributed by atoms with Crippen LogP contribution >= 0.6 is 11.3 Å². The summed E-state index contributed by atoms with van der Waals surface area (Å²) in [6, 6.07) is 0. The minimum atomic E-state index is -0.959. The van der Waals surface area contributed by atoms with Gasteiger partial charge < -0.3 is 5.11 Å². The Balaban J connectivity index is 2.24. The van der Waals surface area contributed by atoms with Crippen LogP contribution in [-0.2, 0) is 11.8 Å². The average Bonchev–Trinajstić information content (AvgIpc) is 2.74.